The highest BCUT2D eigenvalue weighted by atomic mass is 15.1. The van der Waals surface area contributed by atoms with Gasteiger partial charge in [0, 0.05) is 12.5 Å². The van der Waals surface area contributed by atoms with Crippen LogP contribution in [0.3, 0.4) is 0 Å². The molecule has 0 bridgehead atoms. The van der Waals surface area contributed by atoms with Crippen LogP contribution in [-0.4, -0.2) is 10.2 Å². The zero-order chi connectivity index (χ0) is 9.26. The molecule has 1 aromatic carbocycles. The summed E-state index contributed by atoms with van der Waals surface area (Å²) in [7, 11) is 0. The third-order valence-corrected chi connectivity index (χ3v) is 2.29. The summed E-state index contributed by atoms with van der Waals surface area (Å²) >= 11 is 0. The summed E-state index contributed by atoms with van der Waals surface area (Å²) in [6.45, 7) is 4.30. The molecule has 2 aromatic rings. The fraction of sp³-hybridized carbons (Fsp3) is 0.364. The lowest BCUT2D eigenvalue weighted by Gasteiger charge is -1.95. The SMILES string of the molecule is CCCc1[nH]nc2ccc(C)cc12.[HH]. The van der Waals surface area contributed by atoms with Gasteiger partial charge in [-0.2, -0.15) is 5.10 Å². The van der Waals surface area contributed by atoms with Gasteiger partial charge in [0.15, 0.2) is 0 Å². The molecule has 70 valence electrons. The Bertz CT molecular complexity index is 420. The van der Waals surface area contributed by atoms with Gasteiger partial charge in [-0.3, -0.25) is 5.10 Å². The fourth-order valence-electron chi connectivity index (χ4n) is 1.62. The van der Waals surface area contributed by atoms with Crippen molar-refractivity contribution in [3.05, 3.63) is 29.5 Å². The average molecular weight is 176 g/mol. The molecule has 0 aliphatic rings. The van der Waals surface area contributed by atoms with Gasteiger partial charge in [0.1, 0.15) is 0 Å². The van der Waals surface area contributed by atoms with Gasteiger partial charge in [-0.05, 0) is 25.5 Å². The predicted molar refractivity (Wildman–Crippen MR) is 56.9 cm³/mol. The first-order valence-electron chi connectivity index (χ1n) is 4.75. The third-order valence-electron chi connectivity index (χ3n) is 2.29. The molecule has 0 saturated heterocycles. The number of fused-ring (bicyclic) bond motifs is 1. The Morgan fingerprint density at radius 3 is 3.08 bits per heavy atom. The quantitative estimate of drug-likeness (QED) is 0.748. The van der Waals surface area contributed by atoms with Crippen LogP contribution in [0.2, 0.25) is 0 Å². The highest BCUT2D eigenvalue weighted by Crippen LogP contribution is 2.18. The molecular weight excluding hydrogens is 160 g/mol. The van der Waals surface area contributed by atoms with Gasteiger partial charge in [-0.1, -0.05) is 25.0 Å². The summed E-state index contributed by atoms with van der Waals surface area (Å²) in [6.07, 6.45) is 2.24. The monoisotopic (exact) mass is 176 g/mol. The fourth-order valence-corrected chi connectivity index (χ4v) is 1.62. The maximum absolute atomic E-state index is 4.25. The first-order chi connectivity index (χ1) is 6.31. The number of rotatable bonds is 2. The number of aryl methyl sites for hydroxylation is 2. The van der Waals surface area contributed by atoms with E-state index in [0.29, 0.717) is 0 Å². The zero-order valence-electron chi connectivity index (χ0n) is 8.09. The first-order valence-corrected chi connectivity index (χ1v) is 4.75. The molecule has 0 spiro atoms. The number of aromatic nitrogens is 2. The molecule has 0 radical (unpaired) electrons. The molecule has 2 rings (SSSR count). The molecule has 0 aliphatic carbocycles. The summed E-state index contributed by atoms with van der Waals surface area (Å²) < 4.78 is 0. The molecule has 1 heterocycles. The maximum atomic E-state index is 4.25. The van der Waals surface area contributed by atoms with Crippen LogP contribution < -0.4 is 0 Å². The molecule has 0 unspecified atom stereocenters. The molecule has 0 aliphatic heterocycles. The second kappa shape index (κ2) is 3.21. The van der Waals surface area contributed by atoms with E-state index in [9.17, 15) is 0 Å². The van der Waals surface area contributed by atoms with Gasteiger partial charge < -0.3 is 0 Å². The summed E-state index contributed by atoms with van der Waals surface area (Å²) in [5.74, 6) is 0. The summed E-state index contributed by atoms with van der Waals surface area (Å²) in [5, 5.41) is 8.62. The van der Waals surface area contributed by atoms with Gasteiger partial charge >= 0.3 is 0 Å². The van der Waals surface area contributed by atoms with E-state index in [1.807, 2.05) is 0 Å². The Kier molecular flexibility index (Phi) is 2.05. The number of benzene rings is 1. The number of hydrogen-bond acceptors (Lipinski definition) is 1. The van der Waals surface area contributed by atoms with E-state index in [2.05, 4.69) is 42.2 Å². The molecule has 0 atom stereocenters. The lowest BCUT2D eigenvalue weighted by Crippen LogP contribution is -1.83. The summed E-state index contributed by atoms with van der Waals surface area (Å²) in [5.41, 5.74) is 3.64. The van der Waals surface area contributed by atoms with Crippen LogP contribution in [0.25, 0.3) is 10.9 Å². The number of hydrogen-bond donors (Lipinski definition) is 1. The predicted octanol–water partition coefficient (Wildman–Crippen LogP) is 3.07. The number of nitrogens with zero attached hydrogens (tertiary/aromatic N) is 1. The highest BCUT2D eigenvalue weighted by molar-refractivity contribution is 5.81. The van der Waals surface area contributed by atoms with E-state index in [0.717, 1.165) is 18.4 Å². The molecule has 0 amide bonds. The first kappa shape index (κ1) is 8.30. The second-order valence-electron chi connectivity index (χ2n) is 3.47. The molecule has 2 nitrogen and oxygen atoms in total. The molecule has 2 heteroatoms. The minimum atomic E-state index is 0. The number of H-pyrrole nitrogens is 1. The normalized spacial score (nSPS) is 10.9. The van der Waals surface area contributed by atoms with E-state index in [1.165, 1.54) is 16.6 Å². The Balaban J connectivity index is 0.000000980. The van der Waals surface area contributed by atoms with Gasteiger partial charge in [0.05, 0.1) is 5.52 Å². The molecule has 1 aromatic heterocycles. The molecule has 13 heavy (non-hydrogen) atoms. The maximum Gasteiger partial charge on any atom is 0.0923 e. The third kappa shape index (κ3) is 1.44. The van der Waals surface area contributed by atoms with Crippen molar-refractivity contribution in [3.63, 3.8) is 0 Å². The number of nitrogens with one attached hydrogen (secondary N) is 1. The van der Waals surface area contributed by atoms with Crippen LogP contribution in [-0.2, 0) is 6.42 Å². The van der Waals surface area contributed by atoms with Crippen LogP contribution in [0.5, 0.6) is 0 Å². The van der Waals surface area contributed by atoms with Crippen molar-refractivity contribution in [1.82, 2.24) is 10.2 Å². The number of aromatic amines is 1. The summed E-state index contributed by atoms with van der Waals surface area (Å²) in [4.78, 5) is 0. The Hall–Kier alpha value is -1.31. The molecule has 1 N–H and O–H groups in total. The van der Waals surface area contributed by atoms with E-state index < -0.39 is 0 Å². The van der Waals surface area contributed by atoms with Crippen molar-refractivity contribution in [2.24, 2.45) is 0 Å². The van der Waals surface area contributed by atoms with E-state index >= 15 is 0 Å². The van der Waals surface area contributed by atoms with E-state index in [4.69, 9.17) is 0 Å². The topological polar surface area (TPSA) is 28.7 Å². The van der Waals surface area contributed by atoms with Crippen molar-refractivity contribution < 1.29 is 1.43 Å². The molecule has 0 fully saturated rings. The molecular formula is C11H16N2. The van der Waals surface area contributed by atoms with Crippen molar-refractivity contribution in [3.8, 4) is 0 Å². The average Bonchev–Trinajstić information content (AvgIpc) is 2.49. The van der Waals surface area contributed by atoms with Gasteiger partial charge in [-0.15, -0.1) is 0 Å². The van der Waals surface area contributed by atoms with Crippen LogP contribution in [0.1, 0.15) is 26.0 Å². The van der Waals surface area contributed by atoms with Crippen LogP contribution in [0.4, 0.5) is 0 Å². The van der Waals surface area contributed by atoms with Crippen molar-refractivity contribution in [1.29, 1.82) is 0 Å². The smallest absolute Gasteiger partial charge is 0.0923 e. The highest BCUT2D eigenvalue weighted by Gasteiger charge is 2.03. The van der Waals surface area contributed by atoms with Crippen molar-refractivity contribution in [2.45, 2.75) is 26.7 Å². The zero-order valence-corrected chi connectivity index (χ0v) is 8.09. The van der Waals surface area contributed by atoms with E-state index in [-0.39, 0.29) is 1.43 Å². The standard InChI is InChI=1S/C11H14N2.H2/c1-3-4-10-9-7-8(2)5-6-11(9)13-12-10;/h5-7H,3-4H2,1-2H3,(H,12,13);1H. The largest absolute Gasteiger partial charge is 0.281 e. The lowest BCUT2D eigenvalue weighted by atomic mass is 10.1. The Labute approximate surface area is 79.5 Å². The van der Waals surface area contributed by atoms with Crippen LogP contribution in [0, 0.1) is 6.92 Å². The Morgan fingerprint density at radius 2 is 2.31 bits per heavy atom. The minimum absolute atomic E-state index is 0. The Morgan fingerprint density at radius 1 is 1.46 bits per heavy atom. The van der Waals surface area contributed by atoms with E-state index in [1.54, 1.807) is 0 Å². The second-order valence-corrected chi connectivity index (χ2v) is 3.47. The van der Waals surface area contributed by atoms with Gasteiger partial charge in [-0.25, -0.2) is 0 Å². The van der Waals surface area contributed by atoms with Crippen LogP contribution in [0.15, 0.2) is 18.2 Å². The molecule has 0 saturated carbocycles. The lowest BCUT2D eigenvalue weighted by molar-refractivity contribution is 0.874. The van der Waals surface area contributed by atoms with Gasteiger partial charge in [0.25, 0.3) is 0 Å². The van der Waals surface area contributed by atoms with Crippen LogP contribution >= 0.6 is 0 Å². The summed E-state index contributed by atoms with van der Waals surface area (Å²) in [6, 6.07) is 6.36. The van der Waals surface area contributed by atoms with Crippen molar-refractivity contribution in [2.75, 3.05) is 0 Å². The van der Waals surface area contributed by atoms with Crippen molar-refractivity contribution >= 4 is 10.9 Å². The van der Waals surface area contributed by atoms with Gasteiger partial charge in [0.2, 0.25) is 0 Å². The minimum Gasteiger partial charge on any atom is -0.281 e.